The number of benzene rings is 1. The topological polar surface area (TPSA) is 52.6 Å². The average Bonchev–Trinajstić information content (AvgIpc) is 3.68. The van der Waals surface area contributed by atoms with Crippen LogP contribution in [-0.2, 0) is 9.47 Å². The number of ether oxygens (including phenoxy) is 2. The van der Waals surface area contributed by atoms with Gasteiger partial charge in [0.25, 0.3) is 0 Å². The van der Waals surface area contributed by atoms with Crippen LogP contribution in [0.1, 0.15) is 144 Å². The first kappa shape index (κ1) is 29.4. The van der Waals surface area contributed by atoms with E-state index in [1.165, 1.54) is 76.0 Å². The van der Waals surface area contributed by atoms with Crippen molar-refractivity contribution in [2.45, 2.75) is 123 Å². The maximum atomic E-state index is 12.4. The highest BCUT2D eigenvalue weighted by atomic mass is 16.5. The van der Waals surface area contributed by atoms with E-state index in [0.29, 0.717) is 24.3 Å². The molecule has 2 unspecified atom stereocenters. The van der Waals surface area contributed by atoms with Gasteiger partial charge in [-0.1, -0.05) is 116 Å². The van der Waals surface area contributed by atoms with Gasteiger partial charge in [-0.2, -0.15) is 0 Å². The van der Waals surface area contributed by atoms with Crippen molar-refractivity contribution in [1.82, 2.24) is 0 Å². The van der Waals surface area contributed by atoms with E-state index in [4.69, 9.17) is 9.47 Å². The molecular weight excluding hydrogens is 436 g/mol. The number of hydrogen-bond acceptors (Lipinski definition) is 4. The molecular formula is C31H50O4. The Morgan fingerprint density at radius 3 is 1.46 bits per heavy atom. The second kappa shape index (κ2) is 18.4. The van der Waals surface area contributed by atoms with Gasteiger partial charge in [-0.25, -0.2) is 9.59 Å². The molecule has 0 heterocycles. The Balaban J connectivity index is 0.000000514. The van der Waals surface area contributed by atoms with Crippen molar-refractivity contribution >= 4 is 11.9 Å². The lowest BCUT2D eigenvalue weighted by molar-refractivity contribution is 0.0450. The molecule has 2 saturated carbocycles. The fourth-order valence-corrected chi connectivity index (χ4v) is 4.92. The summed E-state index contributed by atoms with van der Waals surface area (Å²) in [5.74, 6) is 1.52. The number of esters is 2. The predicted octanol–water partition coefficient (Wildman–Crippen LogP) is 8.92. The van der Waals surface area contributed by atoms with Gasteiger partial charge in [0.2, 0.25) is 0 Å². The van der Waals surface area contributed by atoms with E-state index in [2.05, 4.69) is 13.8 Å². The molecule has 2 aliphatic rings. The second-order valence-corrected chi connectivity index (χ2v) is 10.4. The van der Waals surface area contributed by atoms with Crippen molar-refractivity contribution in [2.24, 2.45) is 11.8 Å². The number of hydrogen-bond donors (Lipinski definition) is 0. The highest BCUT2D eigenvalue weighted by Gasteiger charge is 2.37. The Morgan fingerprint density at radius 1 is 0.657 bits per heavy atom. The third-order valence-electron chi connectivity index (χ3n) is 7.30. The van der Waals surface area contributed by atoms with Gasteiger partial charge in [0.15, 0.2) is 0 Å². The largest absolute Gasteiger partial charge is 0.462 e. The second-order valence-electron chi connectivity index (χ2n) is 10.4. The molecule has 3 rings (SSSR count). The maximum Gasteiger partial charge on any atom is 0.339 e. The van der Waals surface area contributed by atoms with E-state index in [0.717, 1.165) is 25.7 Å². The van der Waals surface area contributed by atoms with Crippen molar-refractivity contribution in [1.29, 1.82) is 0 Å². The lowest BCUT2D eigenvalue weighted by atomic mass is 10.0. The molecule has 0 amide bonds. The van der Waals surface area contributed by atoms with Crippen LogP contribution in [-0.4, -0.2) is 25.2 Å². The molecule has 0 aromatic heterocycles. The zero-order chi connectivity index (χ0) is 25.1. The van der Waals surface area contributed by atoms with Crippen molar-refractivity contribution < 1.29 is 19.1 Å². The summed E-state index contributed by atoms with van der Waals surface area (Å²) in [6, 6.07) is 6.74. The lowest BCUT2D eigenvalue weighted by Gasteiger charge is -2.10. The smallest absolute Gasteiger partial charge is 0.339 e. The van der Waals surface area contributed by atoms with Gasteiger partial charge in [0, 0.05) is 0 Å². The van der Waals surface area contributed by atoms with E-state index < -0.39 is 11.9 Å². The summed E-state index contributed by atoms with van der Waals surface area (Å²) < 4.78 is 10.7. The van der Waals surface area contributed by atoms with E-state index in [-0.39, 0.29) is 0 Å². The highest BCUT2D eigenvalue weighted by molar-refractivity contribution is 6.03. The van der Waals surface area contributed by atoms with Crippen molar-refractivity contribution in [3.63, 3.8) is 0 Å². The van der Waals surface area contributed by atoms with Crippen LogP contribution in [0, 0.1) is 11.8 Å². The summed E-state index contributed by atoms with van der Waals surface area (Å²) in [7, 11) is 0. The van der Waals surface area contributed by atoms with E-state index in [1.54, 1.807) is 43.5 Å². The van der Waals surface area contributed by atoms with Crippen molar-refractivity contribution in [3.05, 3.63) is 35.4 Å². The van der Waals surface area contributed by atoms with Crippen molar-refractivity contribution in [3.8, 4) is 0 Å². The Kier molecular flexibility index (Phi) is 15.5. The number of carbonyl (C=O) groups excluding carboxylic acids is 2. The normalized spacial score (nSPS) is 18.1. The molecule has 0 bridgehead atoms. The summed E-state index contributed by atoms with van der Waals surface area (Å²) in [5.41, 5.74) is 0.586. The molecule has 4 nitrogen and oxygen atoms in total. The fourth-order valence-electron chi connectivity index (χ4n) is 4.92. The van der Waals surface area contributed by atoms with Crippen LogP contribution in [0.3, 0.4) is 0 Å². The van der Waals surface area contributed by atoms with Crippen LogP contribution in [0.15, 0.2) is 24.3 Å². The molecule has 4 heteroatoms. The van der Waals surface area contributed by atoms with E-state index >= 15 is 0 Å². The number of fused-ring (bicyclic) bond motifs is 1. The summed E-state index contributed by atoms with van der Waals surface area (Å²) in [4.78, 5) is 24.7. The SMILES string of the molecule is C1CCC2CC2C1.CCCCCCCCOC(=O)c1ccccc1C(=O)OCCCCCCCC. The molecule has 1 aromatic carbocycles. The van der Waals surface area contributed by atoms with E-state index in [1.807, 2.05) is 0 Å². The van der Waals surface area contributed by atoms with E-state index in [9.17, 15) is 9.59 Å². The average molecular weight is 487 g/mol. The molecule has 2 atom stereocenters. The van der Waals surface area contributed by atoms with Crippen LogP contribution >= 0.6 is 0 Å². The van der Waals surface area contributed by atoms with Gasteiger partial charge in [0.1, 0.15) is 0 Å². The summed E-state index contributed by atoms with van der Waals surface area (Å²) >= 11 is 0. The summed E-state index contributed by atoms with van der Waals surface area (Å²) in [5, 5.41) is 0. The zero-order valence-corrected chi connectivity index (χ0v) is 22.5. The molecule has 198 valence electrons. The van der Waals surface area contributed by atoms with Crippen molar-refractivity contribution in [2.75, 3.05) is 13.2 Å². The van der Waals surface area contributed by atoms with Gasteiger partial charge < -0.3 is 9.47 Å². The van der Waals surface area contributed by atoms with Crippen LogP contribution in [0.25, 0.3) is 0 Å². The highest BCUT2D eigenvalue weighted by Crippen LogP contribution is 2.49. The van der Waals surface area contributed by atoms with Gasteiger partial charge in [0.05, 0.1) is 24.3 Å². The molecule has 0 spiro atoms. The molecule has 0 aliphatic heterocycles. The Labute approximate surface area is 214 Å². The van der Waals surface area contributed by atoms with Gasteiger partial charge in [-0.05, 0) is 43.2 Å². The molecule has 2 fully saturated rings. The third-order valence-corrected chi connectivity index (χ3v) is 7.30. The van der Waals surface area contributed by atoms with Crippen LogP contribution < -0.4 is 0 Å². The van der Waals surface area contributed by atoms with Gasteiger partial charge in [-0.3, -0.25) is 0 Å². The minimum absolute atomic E-state index is 0.293. The standard InChI is InChI=1S/C24H38O4.C7H12/c1-3-5-7-9-11-15-19-27-23(25)21-17-13-14-18-22(21)24(26)28-20-16-12-10-8-6-4-2;1-2-4-7-5-6(7)3-1/h13-14,17-18H,3-12,15-16,19-20H2,1-2H3;6-7H,1-5H2. The monoisotopic (exact) mass is 486 g/mol. The molecule has 0 saturated heterocycles. The third kappa shape index (κ3) is 12.6. The van der Waals surface area contributed by atoms with Crippen LogP contribution in [0.2, 0.25) is 0 Å². The summed E-state index contributed by atoms with van der Waals surface area (Å²) in [6.45, 7) is 5.17. The first-order chi connectivity index (χ1) is 17.2. The molecule has 35 heavy (non-hydrogen) atoms. The molecule has 0 radical (unpaired) electrons. The van der Waals surface area contributed by atoms with Gasteiger partial charge >= 0.3 is 11.9 Å². The Bertz CT molecular complexity index is 655. The molecule has 0 N–H and O–H groups in total. The fraction of sp³-hybridized carbons (Fsp3) is 0.742. The zero-order valence-electron chi connectivity index (χ0n) is 22.5. The minimum Gasteiger partial charge on any atom is -0.462 e. The summed E-state index contributed by atoms with van der Waals surface area (Å²) in [6.07, 6.45) is 21.4. The van der Waals surface area contributed by atoms with Crippen LogP contribution in [0.4, 0.5) is 0 Å². The number of unbranched alkanes of at least 4 members (excludes halogenated alkanes) is 10. The first-order valence-electron chi connectivity index (χ1n) is 14.6. The first-order valence-corrected chi connectivity index (χ1v) is 14.6. The molecule has 1 aromatic rings. The number of rotatable bonds is 16. The Morgan fingerprint density at radius 2 is 1.06 bits per heavy atom. The van der Waals surface area contributed by atoms with Crippen LogP contribution in [0.5, 0.6) is 0 Å². The lowest BCUT2D eigenvalue weighted by Crippen LogP contribution is -2.15. The predicted molar refractivity (Wildman–Crippen MR) is 144 cm³/mol. The maximum absolute atomic E-state index is 12.4. The Hall–Kier alpha value is -1.84. The number of carbonyl (C=O) groups is 2. The quantitative estimate of drug-likeness (QED) is 0.173. The van der Waals surface area contributed by atoms with Gasteiger partial charge in [-0.15, -0.1) is 0 Å². The molecule has 2 aliphatic carbocycles. The minimum atomic E-state index is -0.444.